The number of para-hydroxylation sites is 1. The van der Waals surface area contributed by atoms with Crippen LogP contribution in [-0.2, 0) is 9.59 Å². The van der Waals surface area contributed by atoms with Crippen LogP contribution in [0.1, 0.15) is 32.4 Å². The summed E-state index contributed by atoms with van der Waals surface area (Å²) in [6, 6.07) is 7.10. The van der Waals surface area contributed by atoms with Crippen molar-refractivity contribution < 1.29 is 9.59 Å². The maximum absolute atomic E-state index is 12.3. The molecule has 18 heavy (non-hydrogen) atoms. The van der Waals surface area contributed by atoms with Crippen molar-refractivity contribution >= 4 is 17.5 Å². The molecule has 0 bridgehead atoms. The van der Waals surface area contributed by atoms with Gasteiger partial charge in [-0.3, -0.25) is 9.59 Å². The largest absolute Gasteiger partial charge is 0.341 e. The Balaban J connectivity index is 2.36. The van der Waals surface area contributed by atoms with Gasteiger partial charge in [-0.1, -0.05) is 32.0 Å². The molecule has 2 rings (SSSR count). The fourth-order valence-electron chi connectivity index (χ4n) is 2.28. The summed E-state index contributed by atoms with van der Waals surface area (Å²) in [7, 11) is 0. The summed E-state index contributed by atoms with van der Waals surface area (Å²) in [5.41, 5.74) is 1.80. The van der Waals surface area contributed by atoms with Gasteiger partial charge < -0.3 is 10.2 Å². The average Bonchev–Trinajstić information content (AvgIpc) is 2.54. The number of nitrogens with one attached hydrogen (secondary N) is 1. The van der Waals surface area contributed by atoms with Gasteiger partial charge in [-0.2, -0.15) is 0 Å². The highest BCUT2D eigenvalue weighted by atomic mass is 16.2. The second-order valence-electron chi connectivity index (χ2n) is 5.04. The second kappa shape index (κ2) is 4.80. The molecule has 0 unspecified atom stereocenters. The molecule has 1 aliphatic heterocycles. The first-order valence-corrected chi connectivity index (χ1v) is 6.18. The van der Waals surface area contributed by atoms with E-state index in [-0.39, 0.29) is 11.8 Å². The minimum atomic E-state index is -0.530. The van der Waals surface area contributed by atoms with Gasteiger partial charge in [0.15, 0.2) is 0 Å². The van der Waals surface area contributed by atoms with Gasteiger partial charge in [0.1, 0.15) is 6.04 Å². The van der Waals surface area contributed by atoms with E-state index in [2.05, 4.69) is 19.2 Å². The van der Waals surface area contributed by atoms with Crippen LogP contribution in [0.5, 0.6) is 0 Å². The lowest BCUT2D eigenvalue weighted by atomic mass is 10.1. The van der Waals surface area contributed by atoms with Crippen LogP contribution in [0.25, 0.3) is 0 Å². The summed E-state index contributed by atoms with van der Waals surface area (Å²) in [5.74, 6) is 0.160. The molecule has 1 aromatic rings. The third-order valence-electron chi connectivity index (χ3n) is 2.95. The SMILES string of the molecule is CC(=O)N[C@H]1C(=O)N(CC(C)C)c2ccccc21. The average molecular weight is 246 g/mol. The van der Waals surface area contributed by atoms with Crippen LogP contribution < -0.4 is 10.2 Å². The van der Waals surface area contributed by atoms with Crippen molar-refractivity contribution in [3.63, 3.8) is 0 Å². The number of fused-ring (bicyclic) bond motifs is 1. The van der Waals surface area contributed by atoms with E-state index in [0.717, 1.165) is 11.3 Å². The Bertz CT molecular complexity index is 482. The number of carbonyl (C=O) groups excluding carboxylic acids is 2. The van der Waals surface area contributed by atoms with Gasteiger partial charge in [0, 0.05) is 24.7 Å². The molecule has 0 saturated carbocycles. The van der Waals surface area contributed by atoms with Crippen LogP contribution in [0, 0.1) is 5.92 Å². The van der Waals surface area contributed by atoms with Crippen molar-refractivity contribution in [2.75, 3.05) is 11.4 Å². The zero-order chi connectivity index (χ0) is 13.3. The molecule has 1 aromatic carbocycles. The van der Waals surface area contributed by atoms with Crippen molar-refractivity contribution in [3.05, 3.63) is 29.8 Å². The monoisotopic (exact) mass is 246 g/mol. The van der Waals surface area contributed by atoms with Crippen molar-refractivity contribution in [1.29, 1.82) is 0 Å². The lowest BCUT2D eigenvalue weighted by Crippen LogP contribution is -2.38. The Morgan fingerprint density at radius 3 is 2.67 bits per heavy atom. The number of benzene rings is 1. The van der Waals surface area contributed by atoms with E-state index in [4.69, 9.17) is 0 Å². The Labute approximate surface area is 107 Å². The molecule has 1 heterocycles. The number of anilines is 1. The van der Waals surface area contributed by atoms with Gasteiger partial charge in [-0.25, -0.2) is 0 Å². The van der Waals surface area contributed by atoms with E-state index in [1.165, 1.54) is 6.92 Å². The normalized spacial score (nSPS) is 18.1. The van der Waals surface area contributed by atoms with Gasteiger partial charge >= 0.3 is 0 Å². The summed E-state index contributed by atoms with van der Waals surface area (Å²) in [6.45, 7) is 6.25. The summed E-state index contributed by atoms with van der Waals surface area (Å²) in [4.78, 5) is 25.3. The predicted molar refractivity (Wildman–Crippen MR) is 70.2 cm³/mol. The van der Waals surface area contributed by atoms with E-state index in [1.54, 1.807) is 4.90 Å². The standard InChI is InChI=1S/C14H18N2O2/c1-9(2)8-16-12-7-5-4-6-11(12)13(14(16)18)15-10(3)17/h4-7,9,13H,8H2,1-3H3,(H,15,17)/t13-/m1/s1. The molecule has 0 radical (unpaired) electrons. The molecule has 0 aromatic heterocycles. The van der Waals surface area contributed by atoms with Crippen LogP contribution in [0.3, 0.4) is 0 Å². The van der Waals surface area contributed by atoms with E-state index >= 15 is 0 Å². The Morgan fingerprint density at radius 1 is 1.39 bits per heavy atom. The van der Waals surface area contributed by atoms with Crippen LogP contribution in [0.2, 0.25) is 0 Å². The lowest BCUT2D eigenvalue weighted by Gasteiger charge is -2.20. The van der Waals surface area contributed by atoms with Gasteiger partial charge in [0.2, 0.25) is 5.91 Å². The third-order valence-corrected chi connectivity index (χ3v) is 2.95. The molecule has 4 nitrogen and oxygen atoms in total. The van der Waals surface area contributed by atoms with E-state index < -0.39 is 6.04 Å². The van der Waals surface area contributed by atoms with Crippen molar-refractivity contribution in [2.45, 2.75) is 26.8 Å². The maximum atomic E-state index is 12.3. The number of hydrogen-bond acceptors (Lipinski definition) is 2. The van der Waals surface area contributed by atoms with E-state index in [9.17, 15) is 9.59 Å². The summed E-state index contributed by atoms with van der Waals surface area (Å²) >= 11 is 0. The molecule has 1 atom stereocenters. The fraction of sp³-hybridized carbons (Fsp3) is 0.429. The molecule has 0 saturated heterocycles. The van der Waals surface area contributed by atoms with E-state index in [1.807, 2.05) is 24.3 Å². The topological polar surface area (TPSA) is 49.4 Å². The smallest absolute Gasteiger partial charge is 0.254 e. The zero-order valence-electron chi connectivity index (χ0n) is 10.9. The predicted octanol–water partition coefficient (Wildman–Crippen LogP) is 1.87. The molecule has 1 N–H and O–H groups in total. The van der Waals surface area contributed by atoms with Gasteiger partial charge in [0.05, 0.1) is 0 Å². The van der Waals surface area contributed by atoms with Crippen LogP contribution in [0.15, 0.2) is 24.3 Å². The molecule has 0 aliphatic carbocycles. The van der Waals surface area contributed by atoms with Gasteiger partial charge in [-0.05, 0) is 12.0 Å². The molecule has 1 aliphatic rings. The molecular formula is C14H18N2O2. The third kappa shape index (κ3) is 2.23. The molecule has 4 heteroatoms. The van der Waals surface area contributed by atoms with Gasteiger partial charge in [0.25, 0.3) is 5.91 Å². The van der Waals surface area contributed by atoms with Gasteiger partial charge in [-0.15, -0.1) is 0 Å². The Morgan fingerprint density at radius 2 is 2.06 bits per heavy atom. The first-order valence-electron chi connectivity index (χ1n) is 6.18. The number of rotatable bonds is 3. The first-order chi connectivity index (χ1) is 8.50. The highest BCUT2D eigenvalue weighted by Gasteiger charge is 2.37. The second-order valence-corrected chi connectivity index (χ2v) is 5.04. The zero-order valence-corrected chi connectivity index (χ0v) is 10.9. The maximum Gasteiger partial charge on any atom is 0.254 e. The number of carbonyl (C=O) groups is 2. The summed E-state index contributed by atoms with van der Waals surface area (Å²) in [5, 5.41) is 2.72. The number of hydrogen-bond donors (Lipinski definition) is 1. The van der Waals surface area contributed by atoms with E-state index in [0.29, 0.717) is 12.5 Å². The first kappa shape index (κ1) is 12.6. The molecule has 0 spiro atoms. The summed E-state index contributed by atoms with van der Waals surface area (Å²) < 4.78 is 0. The molecule has 96 valence electrons. The highest BCUT2D eigenvalue weighted by Crippen LogP contribution is 2.35. The number of nitrogens with zero attached hydrogens (tertiary/aromatic N) is 1. The lowest BCUT2D eigenvalue weighted by molar-refractivity contribution is -0.126. The molecule has 2 amide bonds. The highest BCUT2D eigenvalue weighted by molar-refractivity contribution is 6.06. The summed E-state index contributed by atoms with van der Waals surface area (Å²) in [6.07, 6.45) is 0. The molecule has 0 fully saturated rings. The van der Waals surface area contributed by atoms with Crippen molar-refractivity contribution in [1.82, 2.24) is 5.32 Å². The Hall–Kier alpha value is -1.84. The van der Waals surface area contributed by atoms with Crippen LogP contribution in [0.4, 0.5) is 5.69 Å². The minimum absolute atomic E-state index is 0.0416. The van der Waals surface area contributed by atoms with Crippen molar-refractivity contribution in [2.24, 2.45) is 5.92 Å². The number of amides is 2. The van der Waals surface area contributed by atoms with Crippen molar-refractivity contribution in [3.8, 4) is 0 Å². The minimum Gasteiger partial charge on any atom is -0.341 e. The Kier molecular flexibility index (Phi) is 3.36. The quantitative estimate of drug-likeness (QED) is 0.885. The van der Waals surface area contributed by atoms with Crippen LogP contribution >= 0.6 is 0 Å². The fourth-order valence-corrected chi connectivity index (χ4v) is 2.28. The molecular weight excluding hydrogens is 228 g/mol. The van der Waals surface area contributed by atoms with Crippen LogP contribution in [-0.4, -0.2) is 18.4 Å².